The second-order valence-electron chi connectivity index (χ2n) is 5.12. The van der Waals surface area contributed by atoms with Crippen LogP contribution in [0.25, 0.3) is 22.5 Å². The number of carbonyl (C=O) groups is 1. The monoisotopic (exact) mass is 342 g/mol. The number of benzene rings is 2. The molecule has 21 heavy (non-hydrogen) atoms. The minimum Gasteiger partial charge on any atom is -0.506 e. The molecule has 0 fully saturated rings. The third-order valence-electron chi connectivity index (χ3n) is 3.99. The number of furan rings is 2. The van der Waals surface area contributed by atoms with Gasteiger partial charge in [-0.05, 0) is 41.8 Å². The molecular formula is C17H11BrO3. The minimum atomic E-state index is -0.158. The minimum absolute atomic E-state index is 0.0290. The number of aliphatic hydroxyl groups excluding tert-OH is 1. The van der Waals surface area contributed by atoms with Gasteiger partial charge in [0.05, 0.1) is 16.7 Å². The molecular weight excluding hydrogens is 332 g/mol. The molecule has 2 bridgehead atoms. The fraction of sp³-hybridized carbons (Fsp3) is 0.118. The highest BCUT2D eigenvalue weighted by Crippen LogP contribution is 2.45. The molecule has 1 aliphatic carbocycles. The Balaban J connectivity index is 1.98. The van der Waals surface area contributed by atoms with Crippen molar-refractivity contribution in [1.29, 1.82) is 0 Å². The van der Waals surface area contributed by atoms with E-state index in [1.807, 2.05) is 25.1 Å². The second kappa shape index (κ2) is 4.21. The first kappa shape index (κ1) is 12.7. The van der Waals surface area contributed by atoms with Crippen molar-refractivity contribution in [2.45, 2.75) is 13.3 Å². The van der Waals surface area contributed by atoms with Gasteiger partial charge in [0.15, 0.2) is 0 Å². The zero-order valence-electron chi connectivity index (χ0n) is 11.2. The lowest BCUT2D eigenvalue weighted by Crippen LogP contribution is -2.01. The number of hydrogen-bond acceptors (Lipinski definition) is 3. The number of carbonyl (C=O) groups excluding carboxylic acids is 1. The molecule has 0 saturated carbocycles. The number of allylic oxidation sites excluding steroid dienone is 1. The van der Waals surface area contributed by atoms with Crippen LogP contribution in [0.4, 0.5) is 0 Å². The normalized spacial score (nSPS) is 14.5. The van der Waals surface area contributed by atoms with Crippen LogP contribution in [0.1, 0.15) is 34.0 Å². The van der Waals surface area contributed by atoms with Crippen LogP contribution in [0.5, 0.6) is 0 Å². The van der Waals surface area contributed by atoms with Gasteiger partial charge in [-0.1, -0.05) is 28.9 Å². The van der Waals surface area contributed by atoms with Gasteiger partial charge in [0.25, 0.3) is 0 Å². The van der Waals surface area contributed by atoms with E-state index in [9.17, 15) is 9.90 Å². The van der Waals surface area contributed by atoms with Gasteiger partial charge in [-0.3, -0.25) is 4.79 Å². The highest BCUT2D eigenvalue weighted by atomic mass is 79.9. The van der Waals surface area contributed by atoms with Crippen LogP contribution in [0.2, 0.25) is 0 Å². The molecule has 3 nitrogen and oxygen atoms in total. The van der Waals surface area contributed by atoms with Crippen molar-refractivity contribution in [2.75, 3.05) is 0 Å². The van der Waals surface area contributed by atoms with E-state index in [2.05, 4.69) is 15.9 Å². The molecule has 0 amide bonds. The maximum atomic E-state index is 12.7. The van der Waals surface area contributed by atoms with E-state index >= 15 is 0 Å². The summed E-state index contributed by atoms with van der Waals surface area (Å²) in [5, 5.41) is 10.5. The number of ketones is 1. The molecule has 0 atom stereocenters. The molecule has 1 N–H and O–H groups in total. The number of aliphatic hydroxyl groups is 1. The average Bonchev–Trinajstić information content (AvgIpc) is 3.14. The molecule has 0 spiro atoms. The number of fused-ring (bicyclic) bond motifs is 5. The van der Waals surface area contributed by atoms with E-state index in [0.717, 1.165) is 22.0 Å². The third-order valence-corrected chi connectivity index (χ3v) is 4.49. The fourth-order valence-corrected chi connectivity index (χ4v) is 3.43. The topological polar surface area (TPSA) is 50.4 Å². The number of Topliss-reactive ketones (excluding diaryl/α,β-unsaturated/α-hetero) is 1. The molecule has 104 valence electrons. The summed E-state index contributed by atoms with van der Waals surface area (Å²) in [7, 11) is 0. The first-order valence-corrected chi connectivity index (χ1v) is 7.53. The predicted molar refractivity (Wildman–Crippen MR) is 84.7 cm³/mol. The van der Waals surface area contributed by atoms with Crippen LogP contribution >= 0.6 is 15.9 Å². The van der Waals surface area contributed by atoms with E-state index in [0.29, 0.717) is 27.9 Å². The van der Waals surface area contributed by atoms with E-state index in [1.165, 1.54) is 0 Å². The number of hydrogen-bond donors (Lipinski definition) is 1. The molecule has 1 aromatic carbocycles. The second-order valence-corrected chi connectivity index (χ2v) is 6.04. The van der Waals surface area contributed by atoms with Crippen molar-refractivity contribution < 1.29 is 14.3 Å². The van der Waals surface area contributed by atoms with Crippen LogP contribution in [0.3, 0.4) is 0 Å². The fourth-order valence-electron chi connectivity index (χ4n) is 3.02. The molecule has 3 aromatic rings. The Labute approximate surface area is 129 Å². The number of halogens is 1. The van der Waals surface area contributed by atoms with Crippen molar-refractivity contribution >= 4 is 44.2 Å². The standard InChI is InChI=1S/C17H11BrO3/c1-2-8-7-9(18)3-4-10(8)13-16(19)14-11-5-6-12(21-11)15(14)17(13)20/h3-7,19H,2H2,1H3. The summed E-state index contributed by atoms with van der Waals surface area (Å²) < 4.78 is 6.43. The Morgan fingerprint density at radius 3 is 2.52 bits per heavy atom. The van der Waals surface area contributed by atoms with Gasteiger partial charge in [-0.2, -0.15) is 0 Å². The van der Waals surface area contributed by atoms with E-state index in [4.69, 9.17) is 4.42 Å². The maximum absolute atomic E-state index is 12.7. The molecule has 1 aliphatic rings. The Hall–Kier alpha value is -2.07. The lowest BCUT2D eigenvalue weighted by molar-refractivity contribution is 0.106. The summed E-state index contributed by atoms with van der Waals surface area (Å²) in [5.74, 6) is -0.129. The first-order valence-electron chi connectivity index (χ1n) is 6.73. The van der Waals surface area contributed by atoms with Gasteiger partial charge in [0.2, 0.25) is 5.78 Å². The van der Waals surface area contributed by atoms with Gasteiger partial charge in [-0.25, -0.2) is 0 Å². The number of rotatable bonds is 2. The zero-order valence-corrected chi connectivity index (χ0v) is 12.8. The summed E-state index contributed by atoms with van der Waals surface area (Å²) >= 11 is 3.44. The SMILES string of the molecule is CCc1cc(Br)ccc1C1=C(O)c2c(c3ccc2o3)C1=O. The molecule has 0 radical (unpaired) electrons. The summed E-state index contributed by atoms with van der Waals surface area (Å²) in [6.07, 6.45) is 0.783. The highest BCUT2D eigenvalue weighted by molar-refractivity contribution is 9.10. The lowest BCUT2D eigenvalue weighted by atomic mass is 9.95. The molecule has 4 rings (SSSR count). The number of aryl methyl sites for hydroxylation is 1. The molecule has 0 aliphatic heterocycles. The zero-order chi connectivity index (χ0) is 14.7. The maximum Gasteiger partial charge on any atom is 0.202 e. The summed E-state index contributed by atoms with van der Waals surface area (Å²) in [6.45, 7) is 2.03. The van der Waals surface area contributed by atoms with Crippen LogP contribution < -0.4 is 0 Å². The summed E-state index contributed by atoms with van der Waals surface area (Å²) in [5.41, 5.74) is 4.33. The molecule has 0 unspecified atom stereocenters. The van der Waals surface area contributed by atoms with Gasteiger partial charge in [0, 0.05) is 4.47 Å². The Morgan fingerprint density at radius 2 is 1.86 bits per heavy atom. The molecule has 0 saturated heterocycles. The Kier molecular flexibility index (Phi) is 2.54. The van der Waals surface area contributed by atoms with Crippen LogP contribution in [-0.4, -0.2) is 10.9 Å². The van der Waals surface area contributed by atoms with E-state index in [1.54, 1.807) is 12.1 Å². The van der Waals surface area contributed by atoms with Crippen LogP contribution in [0, 0.1) is 0 Å². The molecule has 4 heteroatoms. The van der Waals surface area contributed by atoms with Crippen LogP contribution in [0.15, 0.2) is 39.2 Å². The van der Waals surface area contributed by atoms with Gasteiger partial charge >= 0.3 is 0 Å². The first-order chi connectivity index (χ1) is 10.1. The van der Waals surface area contributed by atoms with Crippen LogP contribution in [-0.2, 0) is 6.42 Å². The summed E-state index contributed by atoms with van der Waals surface area (Å²) in [4.78, 5) is 12.7. The average molecular weight is 343 g/mol. The van der Waals surface area contributed by atoms with Crippen molar-refractivity contribution in [2.24, 2.45) is 0 Å². The van der Waals surface area contributed by atoms with Gasteiger partial charge in [0.1, 0.15) is 16.9 Å². The third kappa shape index (κ3) is 1.56. The Morgan fingerprint density at radius 1 is 1.14 bits per heavy atom. The van der Waals surface area contributed by atoms with E-state index < -0.39 is 0 Å². The molecule has 2 aromatic heterocycles. The van der Waals surface area contributed by atoms with Crippen molar-refractivity contribution in [1.82, 2.24) is 0 Å². The largest absolute Gasteiger partial charge is 0.506 e. The van der Waals surface area contributed by atoms with Gasteiger partial charge < -0.3 is 9.52 Å². The van der Waals surface area contributed by atoms with E-state index in [-0.39, 0.29) is 11.5 Å². The highest BCUT2D eigenvalue weighted by Gasteiger charge is 2.37. The predicted octanol–water partition coefficient (Wildman–Crippen LogP) is 4.82. The van der Waals surface area contributed by atoms with Crippen molar-refractivity contribution in [3.8, 4) is 0 Å². The molecule has 2 heterocycles. The smallest absolute Gasteiger partial charge is 0.202 e. The van der Waals surface area contributed by atoms with Crippen molar-refractivity contribution in [3.05, 3.63) is 57.1 Å². The Bertz CT molecular complexity index is 917. The van der Waals surface area contributed by atoms with Crippen molar-refractivity contribution in [3.63, 3.8) is 0 Å². The quantitative estimate of drug-likeness (QED) is 0.726. The summed E-state index contributed by atoms with van der Waals surface area (Å²) in [6, 6.07) is 9.29. The van der Waals surface area contributed by atoms with Gasteiger partial charge in [-0.15, -0.1) is 0 Å². The lowest BCUT2D eigenvalue weighted by Gasteiger charge is -2.09.